The van der Waals surface area contributed by atoms with Crippen molar-refractivity contribution in [2.45, 2.75) is 24.7 Å². The van der Waals surface area contributed by atoms with Crippen LogP contribution in [0.5, 0.6) is 0 Å². The Hall–Kier alpha value is -1.99. The maximum absolute atomic E-state index is 11.3. The van der Waals surface area contributed by atoms with E-state index in [9.17, 15) is 72.5 Å². The van der Waals surface area contributed by atoms with Crippen LogP contribution >= 0.6 is 0 Å². The summed E-state index contributed by atoms with van der Waals surface area (Å²) in [5.74, 6) is -11.3. The molecule has 35 heavy (non-hydrogen) atoms. The number of carbonyl (C=O) groups is 2. The molecule has 0 aromatic rings. The molecule has 0 aromatic heterocycles. The third-order valence-corrected chi connectivity index (χ3v) is 2.64. The van der Waals surface area contributed by atoms with Gasteiger partial charge in [-0.05, 0) is 51.9 Å². The third kappa shape index (κ3) is 23.5. The van der Waals surface area contributed by atoms with Crippen molar-refractivity contribution in [3.63, 3.8) is 0 Å². The first-order valence-electron chi connectivity index (χ1n) is 8.16. The number of alkyl halides is 12. The third-order valence-electron chi connectivity index (χ3n) is 2.64. The quantitative estimate of drug-likeness (QED) is 0.277. The van der Waals surface area contributed by atoms with E-state index in [1.807, 2.05) is 0 Å². The summed E-state index contributed by atoms with van der Waals surface area (Å²) >= 11 is 0. The molecule has 19 heteroatoms. The molecule has 0 aliphatic heterocycles. The Labute approximate surface area is 201 Å². The average molecular weight is 589 g/mol. The topological polar surface area (TPSA) is 86.7 Å². The van der Waals surface area contributed by atoms with E-state index in [2.05, 4.69) is 38.0 Å². The van der Waals surface area contributed by atoms with Crippen molar-refractivity contribution < 1.29 is 89.3 Å². The van der Waals surface area contributed by atoms with Gasteiger partial charge in [0.1, 0.15) is 0 Å². The zero-order valence-corrected chi connectivity index (χ0v) is 19.0. The summed E-state index contributed by atoms with van der Waals surface area (Å²) in [5.41, 5.74) is 0. The maximum atomic E-state index is 11.3. The number of nitrogens with zero attached hydrogens (tertiary/aromatic N) is 2. The van der Waals surface area contributed by atoms with E-state index in [0.29, 0.717) is 0 Å². The van der Waals surface area contributed by atoms with Crippen molar-refractivity contribution in [3.05, 3.63) is 23.7 Å². The van der Waals surface area contributed by atoms with Gasteiger partial charge in [-0.2, -0.15) is 52.7 Å². The van der Waals surface area contributed by atoms with Crippen LogP contribution in [0.25, 0.3) is 0 Å². The predicted molar refractivity (Wildman–Crippen MR) is 87.5 cm³/mol. The number of likely N-dealkylation sites (N-methyl/N-ethyl adjacent to an activating group) is 2. The fourth-order valence-corrected chi connectivity index (χ4v) is 0.965. The Kier molecular flexibility index (Phi) is 18.2. The van der Waals surface area contributed by atoms with Crippen LogP contribution in [0, 0.1) is 0 Å². The van der Waals surface area contributed by atoms with Gasteiger partial charge in [0.2, 0.25) is 0 Å². The van der Waals surface area contributed by atoms with Crippen LogP contribution in [0.4, 0.5) is 52.7 Å². The van der Waals surface area contributed by atoms with Gasteiger partial charge < -0.3 is 20.0 Å². The fraction of sp³-hybridized carbons (Fsp3) is 0.625. The molecule has 0 unspecified atom stereocenters. The van der Waals surface area contributed by atoms with E-state index in [1.165, 1.54) is 0 Å². The minimum Gasteiger partial charge on any atom is -0.869 e. The number of ketones is 2. The van der Waals surface area contributed by atoms with Gasteiger partial charge in [-0.25, -0.2) is 0 Å². The number of carbonyl (C=O) groups excluding carboxylic acids is 2. The van der Waals surface area contributed by atoms with E-state index in [1.54, 1.807) is 0 Å². The number of rotatable bonds is 5. The molecule has 0 aliphatic rings. The summed E-state index contributed by atoms with van der Waals surface area (Å²) in [6.45, 7) is 2.29. The SMILES string of the molecule is CN(C)CCN(C)C.O=C(/C=C(\[O-])C(F)(F)F)C(F)(F)F.O=C(/C=C(\[O-])C(F)(F)F)C(F)(F)F.[Co+2]. The van der Waals surface area contributed by atoms with E-state index in [4.69, 9.17) is 0 Å². The standard InChI is InChI=1S/C6H16N2.2C5H2F6O2.Co/c1-7(2)5-6-8(3)4;2*6-4(7,8)2(12)1-3(13)5(9,10)11;/h5-6H2,1-4H3;2*1,12H;/q;;;+2/p-2/b;2*2-1-;. The molecule has 0 heterocycles. The molecule has 0 fully saturated rings. The van der Waals surface area contributed by atoms with Crippen molar-refractivity contribution in [1.82, 2.24) is 9.80 Å². The molecule has 0 bridgehead atoms. The molecule has 0 aliphatic carbocycles. The van der Waals surface area contributed by atoms with E-state index in [0.717, 1.165) is 13.1 Å². The number of hydrogen-bond donors (Lipinski definition) is 0. The fourth-order valence-electron chi connectivity index (χ4n) is 0.965. The zero-order chi connectivity index (χ0) is 28.3. The Morgan fingerprint density at radius 2 is 0.771 bits per heavy atom. The second kappa shape index (κ2) is 15.9. The van der Waals surface area contributed by atoms with Gasteiger partial charge in [0.15, 0.2) is 0 Å². The summed E-state index contributed by atoms with van der Waals surface area (Å²) < 4.78 is 136. The van der Waals surface area contributed by atoms with Crippen molar-refractivity contribution in [1.29, 1.82) is 0 Å². The van der Waals surface area contributed by atoms with Gasteiger partial charge in [0.25, 0.3) is 11.6 Å². The molecule has 0 atom stereocenters. The van der Waals surface area contributed by atoms with Gasteiger partial charge in [-0.1, -0.05) is 0 Å². The first kappa shape index (κ1) is 40.2. The first-order chi connectivity index (χ1) is 14.7. The van der Waals surface area contributed by atoms with E-state index >= 15 is 0 Å². The second-order valence-corrected chi connectivity index (χ2v) is 6.34. The average Bonchev–Trinajstić information content (AvgIpc) is 2.57. The van der Waals surface area contributed by atoms with Crippen LogP contribution < -0.4 is 10.2 Å². The minimum absolute atomic E-state index is 0. The van der Waals surface area contributed by atoms with Crippen molar-refractivity contribution >= 4 is 11.6 Å². The summed E-state index contributed by atoms with van der Waals surface area (Å²) in [4.78, 5) is 24.0. The molecule has 1 radical (unpaired) electrons. The largest absolute Gasteiger partial charge is 2.00 e. The van der Waals surface area contributed by atoms with Crippen LogP contribution in [0.2, 0.25) is 0 Å². The minimum atomic E-state index is -5.46. The smallest absolute Gasteiger partial charge is 0.869 e. The Balaban J connectivity index is -0.000000209. The molecular formula is C16H18CoF12N2O4. The first-order valence-corrected chi connectivity index (χ1v) is 8.16. The van der Waals surface area contributed by atoms with E-state index in [-0.39, 0.29) is 16.8 Å². The molecule has 209 valence electrons. The van der Waals surface area contributed by atoms with Gasteiger partial charge in [-0.3, -0.25) is 9.59 Å². The molecule has 6 nitrogen and oxygen atoms in total. The number of hydrogen-bond acceptors (Lipinski definition) is 6. The maximum Gasteiger partial charge on any atom is 2.00 e. The summed E-state index contributed by atoms with van der Waals surface area (Å²) in [6.07, 6.45) is -23.9. The van der Waals surface area contributed by atoms with Crippen LogP contribution in [0.3, 0.4) is 0 Å². The van der Waals surface area contributed by atoms with Crippen molar-refractivity contribution in [2.24, 2.45) is 0 Å². The van der Waals surface area contributed by atoms with Crippen LogP contribution in [-0.4, -0.2) is 87.4 Å². The van der Waals surface area contributed by atoms with Crippen LogP contribution in [0.15, 0.2) is 23.7 Å². The summed E-state index contributed by atoms with van der Waals surface area (Å²) in [5, 5.41) is 19.6. The number of allylic oxidation sites excluding steroid dienone is 4. The van der Waals surface area contributed by atoms with Gasteiger partial charge in [-0.15, -0.1) is 0 Å². The van der Waals surface area contributed by atoms with E-state index < -0.39 is 59.9 Å². The second-order valence-electron chi connectivity index (χ2n) is 6.34. The Morgan fingerprint density at radius 3 is 0.886 bits per heavy atom. The molecule has 0 spiro atoms. The Morgan fingerprint density at radius 1 is 0.571 bits per heavy atom. The van der Waals surface area contributed by atoms with Gasteiger partial charge >= 0.3 is 41.5 Å². The molecule has 0 rings (SSSR count). The number of halogens is 12. The van der Waals surface area contributed by atoms with Crippen molar-refractivity contribution in [3.8, 4) is 0 Å². The predicted octanol–water partition coefficient (Wildman–Crippen LogP) is 1.96. The Bertz CT molecular complexity index is 649. The molecular weight excluding hydrogens is 571 g/mol. The van der Waals surface area contributed by atoms with Crippen molar-refractivity contribution in [2.75, 3.05) is 41.3 Å². The normalized spacial score (nSPS) is 13.3. The molecule has 0 amide bonds. The summed E-state index contributed by atoms with van der Waals surface area (Å²) in [6, 6.07) is 0. The monoisotopic (exact) mass is 589 g/mol. The summed E-state index contributed by atoms with van der Waals surface area (Å²) in [7, 11) is 8.35. The zero-order valence-electron chi connectivity index (χ0n) is 18.0. The molecule has 0 aromatic carbocycles. The van der Waals surface area contributed by atoms with Crippen LogP contribution in [0.1, 0.15) is 0 Å². The van der Waals surface area contributed by atoms with Gasteiger partial charge in [0, 0.05) is 13.1 Å². The molecule has 0 saturated carbocycles. The van der Waals surface area contributed by atoms with Crippen LogP contribution in [-0.2, 0) is 26.4 Å². The molecule has 0 N–H and O–H groups in total. The molecule has 0 saturated heterocycles. The van der Waals surface area contributed by atoms with Gasteiger partial charge in [0.05, 0.1) is 0 Å².